The molecule has 5 nitrogen and oxygen atoms in total. The van der Waals surface area contributed by atoms with Crippen molar-refractivity contribution in [1.29, 1.82) is 0 Å². The van der Waals surface area contributed by atoms with Gasteiger partial charge in [0.1, 0.15) is 0 Å². The standard InChI is InChI=1S/C19H16N2O3/c1-12-8-9-13(11-16(12)20-10-4-7-17(20)22)21-18(23)14-5-2-3-6-15(14)19(21)24/h2-3,5-6,8-9,11H,4,7,10H2,1H3. The predicted octanol–water partition coefficient (Wildman–Crippen LogP) is 2.92. The van der Waals surface area contributed by atoms with Gasteiger partial charge in [-0.1, -0.05) is 18.2 Å². The Bertz CT molecular complexity index is 853. The summed E-state index contributed by atoms with van der Waals surface area (Å²) in [5.74, 6) is -0.561. The van der Waals surface area contributed by atoms with Crippen LogP contribution in [0.5, 0.6) is 0 Å². The smallest absolute Gasteiger partial charge is 0.266 e. The van der Waals surface area contributed by atoms with Gasteiger partial charge in [-0.2, -0.15) is 0 Å². The Hall–Kier alpha value is -2.95. The van der Waals surface area contributed by atoms with E-state index in [2.05, 4.69) is 0 Å². The normalized spacial score (nSPS) is 17.0. The van der Waals surface area contributed by atoms with E-state index in [0.717, 1.165) is 17.7 Å². The summed E-state index contributed by atoms with van der Waals surface area (Å²) in [6.45, 7) is 2.60. The molecule has 1 saturated heterocycles. The number of amides is 3. The summed E-state index contributed by atoms with van der Waals surface area (Å²) in [5, 5.41) is 0. The number of hydrogen-bond acceptors (Lipinski definition) is 3. The highest BCUT2D eigenvalue weighted by Gasteiger charge is 2.36. The molecular formula is C19H16N2O3. The van der Waals surface area contributed by atoms with Crippen LogP contribution in [-0.2, 0) is 4.79 Å². The second kappa shape index (κ2) is 5.30. The largest absolute Gasteiger partial charge is 0.312 e. The molecule has 0 aromatic heterocycles. The Morgan fingerprint density at radius 3 is 2.17 bits per heavy atom. The molecule has 2 aliphatic rings. The van der Waals surface area contributed by atoms with E-state index in [1.165, 1.54) is 4.90 Å². The van der Waals surface area contributed by atoms with Crippen LogP contribution in [0.15, 0.2) is 42.5 Å². The molecule has 0 bridgehead atoms. The highest BCUT2D eigenvalue weighted by atomic mass is 16.2. The third-order valence-corrected chi connectivity index (χ3v) is 4.61. The van der Waals surface area contributed by atoms with Crippen LogP contribution in [0.4, 0.5) is 11.4 Å². The van der Waals surface area contributed by atoms with E-state index >= 15 is 0 Å². The summed E-state index contributed by atoms with van der Waals surface area (Å²) in [5.41, 5.74) is 3.06. The van der Waals surface area contributed by atoms with Gasteiger partial charge in [-0.25, -0.2) is 4.90 Å². The van der Waals surface area contributed by atoms with Gasteiger partial charge in [0.25, 0.3) is 11.8 Å². The molecule has 24 heavy (non-hydrogen) atoms. The van der Waals surface area contributed by atoms with Crippen molar-refractivity contribution in [2.45, 2.75) is 19.8 Å². The molecule has 4 rings (SSSR count). The molecule has 5 heteroatoms. The number of fused-ring (bicyclic) bond motifs is 1. The number of hydrogen-bond donors (Lipinski definition) is 0. The number of carbonyl (C=O) groups is 3. The van der Waals surface area contributed by atoms with Crippen LogP contribution in [0.1, 0.15) is 39.1 Å². The minimum atomic E-state index is -0.321. The van der Waals surface area contributed by atoms with Gasteiger partial charge in [-0.3, -0.25) is 14.4 Å². The molecule has 0 radical (unpaired) electrons. The Labute approximate surface area is 139 Å². The van der Waals surface area contributed by atoms with Gasteiger partial charge in [0, 0.05) is 18.7 Å². The van der Waals surface area contributed by atoms with Crippen LogP contribution in [0.3, 0.4) is 0 Å². The first-order valence-electron chi connectivity index (χ1n) is 7.97. The Morgan fingerprint density at radius 1 is 0.917 bits per heavy atom. The summed E-state index contributed by atoms with van der Waals surface area (Å²) in [7, 11) is 0. The van der Waals surface area contributed by atoms with Crippen molar-refractivity contribution >= 4 is 29.1 Å². The van der Waals surface area contributed by atoms with Crippen LogP contribution in [0.25, 0.3) is 0 Å². The average Bonchev–Trinajstić information content (AvgIpc) is 3.11. The Kier molecular flexibility index (Phi) is 3.23. The minimum Gasteiger partial charge on any atom is -0.312 e. The summed E-state index contributed by atoms with van der Waals surface area (Å²) < 4.78 is 0. The fourth-order valence-electron chi connectivity index (χ4n) is 3.35. The monoisotopic (exact) mass is 320 g/mol. The molecule has 0 saturated carbocycles. The maximum atomic E-state index is 12.6. The number of nitrogens with zero attached hydrogens (tertiary/aromatic N) is 2. The van der Waals surface area contributed by atoms with Gasteiger partial charge in [-0.05, 0) is 43.2 Å². The maximum Gasteiger partial charge on any atom is 0.266 e. The van der Waals surface area contributed by atoms with E-state index in [1.54, 1.807) is 41.3 Å². The maximum absolute atomic E-state index is 12.6. The molecular weight excluding hydrogens is 304 g/mol. The van der Waals surface area contributed by atoms with Gasteiger partial charge in [0.15, 0.2) is 0 Å². The van der Waals surface area contributed by atoms with Gasteiger partial charge in [-0.15, -0.1) is 0 Å². The fraction of sp³-hybridized carbons (Fsp3) is 0.211. The lowest BCUT2D eigenvalue weighted by Crippen LogP contribution is -2.30. The van der Waals surface area contributed by atoms with E-state index in [9.17, 15) is 14.4 Å². The highest BCUT2D eigenvalue weighted by molar-refractivity contribution is 6.34. The van der Waals surface area contributed by atoms with Gasteiger partial charge in [0.05, 0.1) is 16.8 Å². The second-order valence-corrected chi connectivity index (χ2v) is 6.11. The lowest BCUT2D eigenvalue weighted by molar-refractivity contribution is -0.117. The second-order valence-electron chi connectivity index (χ2n) is 6.11. The zero-order valence-corrected chi connectivity index (χ0v) is 13.3. The van der Waals surface area contributed by atoms with E-state index in [1.807, 2.05) is 13.0 Å². The van der Waals surface area contributed by atoms with Crippen LogP contribution >= 0.6 is 0 Å². The third-order valence-electron chi connectivity index (χ3n) is 4.61. The van der Waals surface area contributed by atoms with Crippen molar-refractivity contribution < 1.29 is 14.4 Å². The van der Waals surface area contributed by atoms with Crippen molar-refractivity contribution in [2.24, 2.45) is 0 Å². The molecule has 0 spiro atoms. The van der Waals surface area contributed by atoms with Crippen LogP contribution in [0, 0.1) is 6.92 Å². The molecule has 2 aromatic carbocycles. The summed E-state index contributed by atoms with van der Waals surface area (Å²) in [6, 6.07) is 12.2. The first-order chi connectivity index (χ1) is 11.6. The zero-order valence-electron chi connectivity index (χ0n) is 13.3. The topological polar surface area (TPSA) is 57.7 Å². The molecule has 1 fully saturated rings. The van der Waals surface area contributed by atoms with Crippen molar-refractivity contribution in [1.82, 2.24) is 0 Å². The van der Waals surface area contributed by atoms with E-state index < -0.39 is 0 Å². The minimum absolute atomic E-state index is 0.0811. The molecule has 0 aliphatic carbocycles. The number of benzene rings is 2. The number of aryl methyl sites for hydroxylation is 1. The van der Waals surface area contributed by atoms with Crippen molar-refractivity contribution in [3.05, 3.63) is 59.2 Å². The third kappa shape index (κ3) is 2.05. The first kappa shape index (κ1) is 14.6. The molecule has 3 amide bonds. The zero-order chi connectivity index (χ0) is 16.8. The molecule has 2 aromatic rings. The summed E-state index contributed by atoms with van der Waals surface area (Å²) >= 11 is 0. The lowest BCUT2D eigenvalue weighted by atomic mass is 10.1. The van der Waals surface area contributed by atoms with Crippen LogP contribution in [-0.4, -0.2) is 24.3 Å². The Balaban J connectivity index is 1.77. The van der Waals surface area contributed by atoms with Gasteiger partial charge >= 0.3 is 0 Å². The number of carbonyl (C=O) groups excluding carboxylic acids is 3. The van der Waals surface area contributed by atoms with E-state index in [0.29, 0.717) is 29.8 Å². The highest BCUT2D eigenvalue weighted by Crippen LogP contribution is 2.33. The van der Waals surface area contributed by atoms with E-state index in [4.69, 9.17) is 0 Å². The molecule has 0 unspecified atom stereocenters. The number of rotatable bonds is 2. The average molecular weight is 320 g/mol. The van der Waals surface area contributed by atoms with Gasteiger partial charge < -0.3 is 4.90 Å². The quantitative estimate of drug-likeness (QED) is 0.800. The van der Waals surface area contributed by atoms with Crippen LogP contribution in [0.2, 0.25) is 0 Å². The molecule has 2 aliphatic heterocycles. The van der Waals surface area contributed by atoms with Gasteiger partial charge in [0.2, 0.25) is 5.91 Å². The van der Waals surface area contributed by atoms with E-state index in [-0.39, 0.29) is 17.7 Å². The summed E-state index contributed by atoms with van der Waals surface area (Å²) in [4.78, 5) is 40.2. The van der Waals surface area contributed by atoms with Crippen molar-refractivity contribution in [3.8, 4) is 0 Å². The van der Waals surface area contributed by atoms with Crippen molar-refractivity contribution in [3.63, 3.8) is 0 Å². The molecule has 2 heterocycles. The lowest BCUT2D eigenvalue weighted by Gasteiger charge is -2.21. The predicted molar refractivity (Wildman–Crippen MR) is 90.3 cm³/mol. The first-order valence-corrected chi connectivity index (χ1v) is 7.97. The summed E-state index contributed by atoms with van der Waals surface area (Å²) in [6.07, 6.45) is 1.37. The number of imide groups is 1. The Morgan fingerprint density at radius 2 is 1.58 bits per heavy atom. The fourth-order valence-corrected chi connectivity index (χ4v) is 3.35. The molecule has 120 valence electrons. The SMILES string of the molecule is Cc1ccc(N2C(=O)c3ccccc3C2=O)cc1N1CCCC1=O. The van der Waals surface area contributed by atoms with Crippen LogP contribution < -0.4 is 9.80 Å². The molecule has 0 N–H and O–H groups in total. The van der Waals surface area contributed by atoms with Crippen molar-refractivity contribution in [2.75, 3.05) is 16.3 Å². The molecule has 0 atom stereocenters. The number of anilines is 2.